The Bertz CT molecular complexity index is 456. The molecule has 0 radical (unpaired) electrons. The van der Waals surface area contributed by atoms with Crippen LogP contribution in [0.25, 0.3) is 0 Å². The Kier molecular flexibility index (Phi) is 5.75. The Morgan fingerprint density at radius 2 is 1.78 bits per heavy atom. The number of unbranched alkanes of at least 4 members (excludes halogenated alkanes) is 2. The first-order valence-corrected chi connectivity index (χ1v) is 7.98. The van der Waals surface area contributed by atoms with E-state index in [0.29, 0.717) is 13.1 Å². The van der Waals surface area contributed by atoms with Crippen molar-refractivity contribution in [2.45, 2.75) is 32.7 Å². The van der Waals surface area contributed by atoms with Gasteiger partial charge in [0.25, 0.3) is 0 Å². The number of rotatable bonds is 7. The molecular formula is C13H20FNO2S. The van der Waals surface area contributed by atoms with E-state index < -0.39 is 10.0 Å². The third-order valence-corrected chi connectivity index (χ3v) is 4.00. The van der Waals surface area contributed by atoms with Crippen molar-refractivity contribution in [3.8, 4) is 0 Å². The molecule has 0 unspecified atom stereocenters. The lowest BCUT2D eigenvalue weighted by atomic mass is 10.2. The van der Waals surface area contributed by atoms with E-state index in [1.165, 1.54) is 22.7 Å². The van der Waals surface area contributed by atoms with Gasteiger partial charge in [-0.25, -0.2) is 12.8 Å². The van der Waals surface area contributed by atoms with Gasteiger partial charge in [0, 0.05) is 13.1 Å². The molecule has 0 N–H and O–H groups in total. The summed E-state index contributed by atoms with van der Waals surface area (Å²) in [4.78, 5) is 0. The summed E-state index contributed by atoms with van der Waals surface area (Å²) in [5, 5.41) is 0. The maximum atomic E-state index is 12.8. The van der Waals surface area contributed by atoms with E-state index in [4.69, 9.17) is 0 Å². The normalized spacial score (nSPS) is 12.0. The zero-order chi connectivity index (χ0) is 13.6. The lowest BCUT2D eigenvalue weighted by Crippen LogP contribution is -2.30. The molecule has 1 aromatic rings. The summed E-state index contributed by atoms with van der Waals surface area (Å²) >= 11 is 0. The number of benzene rings is 1. The summed E-state index contributed by atoms with van der Waals surface area (Å²) < 4.78 is 37.5. The van der Waals surface area contributed by atoms with Crippen LogP contribution in [0, 0.1) is 5.82 Å². The van der Waals surface area contributed by atoms with E-state index in [1.807, 2.05) is 0 Å². The van der Waals surface area contributed by atoms with Crippen LogP contribution in [-0.4, -0.2) is 25.5 Å². The Morgan fingerprint density at radius 1 is 1.17 bits per heavy atom. The van der Waals surface area contributed by atoms with Crippen molar-refractivity contribution in [3.63, 3.8) is 0 Å². The van der Waals surface area contributed by atoms with Crippen molar-refractivity contribution >= 4 is 10.0 Å². The smallest absolute Gasteiger partial charge is 0.211 e. The number of hydrogen-bond donors (Lipinski definition) is 0. The van der Waals surface area contributed by atoms with Crippen LogP contribution in [0.15, 0.2) is 24.3 Å². The number of sulfonamides is 1. The number of halogens is 1. The first kappa shape index (κ1) is 15.1. The van der Waals surface area contributed by atoms with Gasteiger partial charge in [-0.3, -0.25) is 0 Å². The number of hydrogen-bond acceptors (Lipinski definition) is 2. The average molecular weight is 273 g/mol. The van der Waals surface area contributed by atoms with Crippen LogP contribution >= 0.6 is 0 Å². The predicted octanol–water partition coefficient (Wildman–Crippen LogP) is 2.78. The molecule has 18 heavy (non-hydrogen) atoms. The molecule has 102 valence electrons. The second kappa shape index (κ2) is 6.85. The van der Waals surface area contributed by atoms with E-state index in [1.54, 1.807) is 12.1 Å². The predicted molar refractivity (Wildman–Crippen MR) is 71.2 cm³/mol. The van der Waals surface area contributed by atoms with Gasteiger partial charge >= 0.3 is 0 Å². The summed E-state index contributed by atoms with van der Waals surface area (Å²) in [6.45, 7) is 2.90. The van der Waals surface area contributed by atoms with Crippen LogP contribution in [0.2, 0.25) is 0 Å². The highest BCUT2D eigenvalue weighted by Gasteiger charge is 2.16. The largest absolute Gasteiger partial charge is 0.212 e. The quantitative estimate of drug-likeness (QED) is 0.716. The van der Waals surface area contributed by atoms with Crippen LogP contribution in [0.5, 0.6) is 0 Å². The molecule has 3 nitrogen and oxygen atoms in total. The molecule has 0 bridgehead atoms. The minimum absolute atomic E-state index is 0.308. The lowest BCUT2D eigenvalue weighted by Gasteiger charge is -2.19. The molecule has 0 aliphatic heterocycles. The van der Waals surface area contributed by atoms with Crippen LogP contribution in [0.4, 0.5) is 4.39 Å². The molecule has 0 aliphatic rings. The molecule has 1 aromatic carbocycles. The average Bonchev–Trinajstić information content (AvgIpc) is 2.29. The van der Waals surface area contributed by atoms with Gasteiger partial charge in [-0.15, -0.1) is 0 Å². The van der Waals surface area contributed by atoms with Crippen molar-refractivity contribution in [2.24, 2.45) is 0 Å². The highest BCUT2D eigenvalue weighted by atomic mass is 32.2. The van der Waals surface area contributed by atoms with Gasteiger partial charge in [-0.2, -0.15) is 4.31 Å². The van der Waals surface area contributed by atoms with E-state index in [9.17, 15) is 12.8 Å². The minimum atomic E-state index is -3.21. The monoisotopic (exact) mass is 273 g/mol. The highest BCUT2D eigenvalue weighted by Crippen LogP contribution is 2.11. The van der Waals surface area contributed by atoms with Crippen LogP contribution in [0.1, 0.15) is 31.7 Å². The van der Waals surface area contributed by atoms with Crippen molar-refractivity contribution < 1.29 is 12.8 Å². The third-order valence-electron chi connectivity index (χ3n) is 2.75. The molecule has 0 aromatic heterocycles. The van der Waals surface area contributed by atoms with Gasteiger partial charge in [-0.05, 0) is 24.1 Å². The fraction of sp³-hybridized carbons (Fsp3) is 0.538. The molecule has 5 heteroatoms. The molecule has 0 saturated carbocycles. The van der Waals surface area contributed by atoms with Gasteiger partial charge in [-0.1, -0.05) is 31.9 Å². The zero-order valence-electron chi connectivity index (χ0n) is 10.9. The first-order chi connectivity index (χ1) is 8.43. The van der Waals surface area contributed by atoms with E-state index >= 15 is 0 Å². The van der Waals surface area contributed by atoms with Crippen molar-refractivity contribution in [3.05, 3.63) is 35.6 Å². The highest BCUT2D eigenvalue weighted by molar-refractivity contribution is 7.88. The van der Waals surface area contributed by atoms with E-state index in [2.05, 4.69) is 6.92 Å². The summed E-state index contributed by atoms with van der Waals surface area (Å²) in [7, 11) is -3.21. The van der Waals surface area contributed by atoms with Gasteiger partial charge in [0.05, 0.1) is 6.26 Å². The van der Waals surface area contributed by atoms with Crippen molar-refractivity contribution in [2.75, 3.05) is 12.8 Å². The van der Waals surface area contributed by atoms with Gasteiger partial charge in [0.15, 0.2) is 0 Å². The summed E-state index contributed by atoms with van der Waals surface area (Å²) in [5.74, 6) is -0.310. The fourth-order valence-electron chi connectivity index (χ4n) is 1.69. The maximum absolute atomic E-state index is 12.8. The molecule has 1 rings (SSSR count). The summed E-state index contributed by atoms with van der Waals surface area (Å²) in [6.07, 6.45) is 4.12. The Hall–Kier alpha value is -0.940. The molecular weight excluding hydrogens is 253 g/mol. The first-order valence-electron chi connectivity index (χ1n) is 6.13. The zero-order valence-corrected chi connectivity index (χ0v) is 11.7. The number of nitrogens with zero attached hydrogens (tertiary/aromatic N) is 1. The fourth-order valence-corrected chi connectivity index (χ4v) is 2.54. The summed E-state index contributed by atoms with van der Waals surface area (Å²) in [5.41, 5.74) is 0.804. The molecule has 0 aliphatic carbocycles. The molecule has 0 heterocycles. The lowest BCUT2D eigenvalue weighted by molar-refractivity contribution is 0.397. The molecule has 0 amide bonds. The van der Waals surface area contributed by atoms with Crippen LogP contribution < -0.4 is 0 Å². The van der Waals surface area contributed by atoms with E-state index in [-0.39, 0.29) is 5.82 Å². The molecule has 0 saturated heterocycles. The maximum Gasteiger partial charge on any atom is 0.211 e. The van der Waals surface area contributed by atoms with Gasteiger partial charge in [0.2, 0.25) is 10.0 Å². The van der Waals surface area contributed by atoms with Crippen LogP contribution in [-0.2, 0) is 16.6 Å². The topological polar surface area (TPSA) is 37.4 Å². The Morgan fingerprint density at radius 3 is 2.28 bits per heavy atom. The SMILES string of the molecule is CCCCCN(Cc1ccc(F)cc1)S(C)(=O)=O. The molecule has 0 atom stereocenters. The third kappa shape index (κ3) is 5.14. The van der Waals surface area contributed by atoms with Crippen molar-refractivity contribution in [1.29, 1.82) is 0 Å². The Labute approximate surface area is 109 Å². The molecule has 0 spiro atoms. The van der Waals surface area contributed by atoms with Gasteiger partial charge in [0.1, 0.15) is 5.82 Å². The van der Waals surface area contributed by atoms with Gasteiger partial charge < -0.3 is 0 Å². The second-order valence-corrected chi connectivity index (χ2v) is 6.41. The minimum Gasteiger partial charge on any atom is -0.212 e. The standard InChI is InChI=1S/C13H20FNO2S/c1-3-4-5-10-15(18(2,16)17)11-12-6-8-13(14)9-7-12/h6-9H,3-5,10-11H2,1-2H3. The molecule has 0 fully saturated rings. The van der Waals surface area contributed by atoms with Crippen molar-refractivity contribution in [1.82, 2.24) is 4.31 Å². The Balaban J connectivity index is 2.69. The van der Waals surface area contributed by atoms with Crippen LogP contribution in [0.3, 0.4) is 0 Å². The van der Waals surface area contributed by atoms with E-state index in [0.717, 1.165) is 24.8 Å². The second-order valence-electron chi connectivity index (χ2n) is 4.43. The summed E-state index contributed by atoms with van der Waals surface area (Å²) in [6, 6.07) is 5.93.